The molecule has 0 radical (unpaired) electrons. The summed E-state index contributed by atoms with van der Waals surface area (Å²) in [7, 11) is 1.75. The average Bonchev–Trinajstić information content (AvgIpc) is 2.60. The van der Waals surface area contributed by atoms with E-state index in [1.54, 1.807) is 7.05 Å². The Balaban J connectivity index is 0.00000392. The topological polar surface area (TPSA) is 21.3 Å². The zero-order valence-electron chi connectivity index (χ0n) is 14.9. The standard InChI is InChI=1S/C19H19F6NO.ClH/c1-26-10-15(14-5-3-2-4-6-14)12-27-11-13-7-16(18(20,21)22)9-17(8-13)19(23,24)25;/h2-9,15,26H,10-12H2,1H3;1H. The van der Waals surface area contributed by atoms with E-state index in [-0.39, 0.29) is 43.2 Å². The molecule has 0 aliphatic carbocycles. The normalized spacial score (nSPS) is 13.1. The van der Waals surface area contributed by atoms with Crippen molar-refractivity contribution in [3.05, 3.63) is 70.8 Å². The number of likely N-dealkylation sites (N-methyl/N-ethyl adjacent to an activating group) is 1. The summed E-state index contributed by atoms with van der Waals surface area (Å²) in [6.45, 7) is 0.364. The molecule has 0 saturated carbocycles. The minimum absolute atomic E-state index is 0. The van der Waals surface area contributed by atoms with Crippen molar-refractivity contribution in [3.8, 4) is 0 Å². The highest BCUT2D eigenvalue weighted by molar-refractivity contribution is 5.85. The number of nitrogens with one attached hydrogen (secondary N) is 1. The summed E-state index contributed by atoms with van der Waals surface area (Å²) in [5.74, 6) is -0.0796. The lowest BCUT2D eigenvalue weighted by Gasteiger charge is -2.18. The monoisotopic (exact) mass is 427 g/mol. The SMILES string of the molecule is CNCC(COCc1cc(C(F)(F)F)cc(C(F)(F)F)c1)c1ccccc1.Cl. The third-order valence-electron chi connectivity index (χ3n) is 3.96. The molecule has 2 aromatic carbocycles. The molecule has 0 aromatic heterocycles. The number of hydrogen-bond donors (Lipinski definition) is 1. The molecule has 0 aliphatic heterocycles. The van der Waals surface area contributed by atoms with Crippen molar-refractivity contribution in [2.45, 2.75) is 24.9 Å². The van der Waals surface area contributed by atoms with Crippen LogP contribution in [0.3, 0.4) is 0 Å². The van der Waals surface area contributed by atoms with Gasteiger partial charge < -0.3 is 10.1 Å². The lowest BCUT2D eigenvalue weighted by molar-refractivity contribution is -0.143. The van der Waals surface area contributed by atoms with Crippen molar-refractivity contribution in [1.29, 1.82) is 0 Å². The van der Waals surface area contributed by atoms with Crippen molar-refractivity contribution in [1.82, 2.24) is 5.32 Å². The maximum atomic E-state index is 12.9. The largest absolute Gasteiger partial charge is 0.416 e. The fourth-order valence-corrected chi connectivity index (χ4v) is 2.67. The van der Waals surface area contributed by atoms with Gasteiger partial charge >= 0.3 is 12.4 Å². The van der Waals surface area contributed by atoms with E-state index in [0.717, 1.165) is 5.56 Å². The van der Waals surface area contributed by atoms with Crippen LogP contribution in [0.2, 0.25) is 0 Å². The lowest BCUT2D eigenvalue weighted by Crippen LogP contribution is -2.21. The molecule has 2 aromatic rings. The van der Waals surface area contributed by atoms with Crippen molar-refractivity contribution < 1.29 is 31.1 Å². The number of hydrogen-bond acceptors (Lipinski definition) is 2. The van der Waals surface area contributed by atoms with Crippen molar-refractivity contribution in [3.63, 3.8) is 0 Å². The van der Waals surface area contributed by atoms with Crippen LogP contribution < -0.4 is 5.32 Å². The predicted molar refractivity (Wildman–Crippen MR) is 96.5 cm³/mol. The van der Waals surface area contributed by atoms with E-state index < -0.39 is 23.5 Å². The third-order valence-corrected chi connectivity index (χ3v) is 3.96. The van der Waals surface area contributed by atoms with E-state index in [1.165, 1.54) is 0 Å². The molecule has 0 heterocycles. The van der Waals surface area contributed by atoms with Crippen molar-refractivity contribution in [2.24, 2.45) is 0 Å². The Hall–Kier alpha value is -1.77. The van der Waals surface area contributed by atoms with E-state index in [1.807, 2.05) is 30.3 Å². The highest BCUT2D eigenvalue weighted by Crippen LogP contribution is 2.36. The van der Waals surface area contributed by atoms with Crippen LogP contribution in [-0.2, 0) is 23.7 Å². The molecule has 1 atom stereocenters. The average molecular weight is 428 g/mol. The number of halogens is 7. The summed E-state index contributed by atoms with van der Waals surface area (Å²) in [6.07, 6.45) is -9.73. The van der Waals surface area contributed by atoms with Crippen molar-refractivity contribution >= 4 is 12.4 Å². The molecular formula is C19H20ClF6NO. The second-order valence-electron chi connectivity index (χ2n) is 6.09. The van der Waals surface area contributed by atoms with Crippen LogP contribution in [0.25, 0.3) is 0 Å². The highest BCUT2D eigenvalue weighted by Gasteiger charge is 2.36. The first-order valence-corrected chi connectivity index (χ1v) is 8.17. The van der Waals surface area contributed by atoms with Gasteiger partial charge in [-0.1, -0.05) is 30.3 Å². The summed E-state index contributed by atoms with van der Waals surface area (Å²) in [4.78, 5) is 0. The molecule has 2 rings (SSSR count). The van der Waals surface area contributed by atoms with E-state index >= 15 is 0 Å². The quantitative estimate of drug-likeness (QED) is 0.575. The van der Waals surface area contributed by atoms with E-state index in [2.05, 4.69) is 5.32 Å². The highest BCUT2D eigenvalue weighted by atomic mass is 35.5. The van der Waals surface area contributed by atoms with Gasteiger partial charge in [0.1, 0.15) is 0 Å². The van der Waals surface area contributed by atoms with Crippen LogP contribution in [0, 0.1) is 0 Å². The molecule has 0 fully saturated rings. The van der Waals surface area contributed by atoms with E-state index in [4.69, 9.17) is 4.74 Å². The summed E-state index contributed by atoms with van der Waals surface area (Å²) >= 11 is 0. The van der Waals surface area contributed by atoms with Gasteiger partial charge in [0.25, 0.3) is 0 Å². The van der Waals surface area contributed by atoms with Crippen LogP contribution in [-0.4, -0.2) is 20.2 Å². The molecule has 0 aliphatic rings. The molecule has 0 bridgehead atoms. The number of rotatable bonds is 7. The van der Waals surface area contributed by atoms with Crippen LogP contribution in [0.15, 0.2) is 48.5 Å². The molecular weight excluding hydrogens is 408 g/mol. The van der Waals surface area contributed by atoms with Gasteiger partial charge in [-0.2, -0.15) is 26.3 Å². The molecule has 156 valence electrons. The smallest absolute Gasteiger partial charge is 0.376 e. The summed E-state index contributed by atoms with van der Waals surface area (Å²) < 4.78 is 82.8. The molecule has 1 N–H and O–H groups in total. The van der Waals surface area contributed by atoms with Gasteiger partial charge in [0.05, 0.1) is 24.3 Å². The Labute approximate surface area is 165 Å². The number of alkyl halides is 6. The van der Waals surface area contributed by atoms with E-state index in [9.17, 15) is 26.3 Å². The van der Waals surface area contributed by atoms with Crippen LogP contribution in [0.4, 0.5) is 26.3 Å². The van der Waals surface area contributed by atoms with Gasteiger partial charge in [-0.15, -0.1) is 12.4 Å². The van der Waals surface area contributed by atoms with Gasteiger partial charge in [-0.3, -0.25) is 0 Å². The first-order valence-electron chi connectivity index (χ1n) is 8.17. The Morgan fingerprint density at radius 3 is 1.89 bits per heavy atom. The predicted octanol–water partition coefficient (Wildman–Crippen LogP) is 5.67. The maximum Gasteiger partial charge on any atom is 0.416 e. The molecule has 0 spiro atoms. The molecule has 0 amide bonds. The zero-order valence-corrected chi connectivity index (χ0v) is 15.7. The Kier molecular flexibility index (Phi) is 8.78. The zero-order chi connectivity index (χ0) is 20.1. The maximum absolute atomic E-state index is 12.9. The Morgan fingerprint density at radius 2 is 1.43 bits per heavy atom. The van der Waals surface area contributed by atoms with Gasteiger partial charge in [-0.05, 0) is 36.4 Å². The Morgan fingerprint density at radius 1 is 0.893 bits per heavy atom. The molecule has 9 heteroatoms. The molecule has 2 nitrogen and oxygen atoms in total. The minimum atomic E-state index is -4.87. The van der Waals surface area contributed by atoms with Gasteiger partial charge in [0, 0.05) is 12.5 Å². The van der Waals surface area contributed by atoms with Crippen LogP contribution in [0.5, 0.6) is 0 Å². The second kappa shape index (κ2) is 10.1. The minimum Gasteiger partial charge on any atom is -0.376 e. The molecule has 0 saturated heterocycles. The molecule has 1 unspecified atom stereocenters. The lowest BCUT2D eigenvalue weighted by atomic mass is 10.00. The fraction of sp³-hybridized carbons (Fsp3) is 0.368. The third kappa shape index (κ3) is 7.00. The second-order valence-corrected chi connectivity index (χ2v) is 6.09. The van der Waals surface area contributed by atoms with Gasteiger partial charge in [-0.25, -0.2) is 0 Å². The number of benzene rings is 2. The fourth-order valence-electron chi connectivity index (χ4n) is 2.67. The molecule has 28 heavy (non-hydrogen) atoms. The van der Waals surface area contributed by atoms with Gasteiger partial charge in [0.2, 0.25) is 0 Å². The Bertz CT molecular complexity index is 701. The first-order chi connectivity index (χ1) is 12.6. The van der Waals surface area contributed by atoms with E-state index in [0.29, 0.717) is 18.7 Å². The van der Waals surface area contributed by atoms with Gasteiger partial charge in [0.15, 0.2) is 0 Å². The number of ether oxygens (including phenoxy) is 1. The van der Waals surface area contributed by atoms with Crippen LogP contribution >= 0.6 is 12.4 Å². The van der Waals surface area contributed by atoms with Crippen LogP contribution in [0.1, 0.15) is 28.2 Å². The first kappa shape index (κ1) is 24.3. The van der Waals surface area contributed by atoms with Crippen molar-refractivity contribution in [2.75, 3.05) is 20.2 Å². The summed E-state index contributed by atoms with van der Waals surface area (Å²) in [6, 6.07) is 10.8. The summed E-state index contributed by atoms with van der Waals surface area (Å²) in [5.41, 5.74) is -1.89. The summed E-state index contributed by atoms with van der Waals surface area (Å²) in [5, 5.41) is 3.00.